The van der Waals surface area contributed by atoms with E-state index in [9.17, 15) is 4.79 Å². The summed E-state index contributed by atoms with van der Waals surface area (Å²) in [6.07, 6.45) is 7.48. The number of carboxylic acid groups (broad SMARTS) is 1. The standard InChI is InChI=1S/C17H24O3/c1-3-5-7-14(4-2)13-20-16-9-6-8-15(12-16)10-11-17(18)19/h6,8-12,14H,3-5,7,13H2,1-2H3,(H,18,19). The molecule has 0 saturated heterocycles. The highest BCUT2D eigenvalue weighted by atomic mass is 16.5. The van der Waals surface area contributed by atoms with Gasteiger partial charge in [-0.1, -0.05) is 45.2 Å². The lowest BCUT2D eigenvalue weighted by Gasteiger charge is -2.15. The Hall–Kier alpha value is -1.77. The number of aliphatic carboxylic acids is 1. The molecule has 0 fully saturated rings. The highest BCUT2D eigenvalue weighted by Crippen LogP contribution is 2.18. The smallest absolute Gasteiger partial charge is 0.328 e. The Morgan fingerprint density at radius 1 is 1.40 bits per heavy atom. The van der Waals surface area contributed by atoms with E-state index in [1.807, 2.05) is 24.3 Å². The second kappa shape index (κ2) is 9.18. The second-order valence-electron chi connectivity index (χ2n) is 4.97. The van der Waals surface area contributed by atoms with E-state index in [1.54, 1.807) is 6.08 Å². The van der Waals surface area contributed by atoms with Crippen molar-refractivity contribution in [2.45, 2.75) is 39.5 Å². The van der Waals surface area contributed by atoms with Crippen LogP contribution in [0.2, 0.25) is 0 Å². The first-order valence-electron chi connectivity index (χ1n) is 7.29. The summed E-state index contributed by atoms with van der Waals surface area (Å²) in [7, 11) is 0. The van der Waals surface area contributed by atoms with Gasteiger partial charge in [0.15, 0.2) is 0 Å². The fraction of sp³-hybridized carbons (Fsp3) is 0.471. The highest BCUT2D eigenvalue weighted by molar-refractivity contribution is 5.85. The Bertz CT molecular complexity index is 438. The molecule has 0 heterocycles. The van der Waals surface area contributed by atoms with Gasteiger partial charge < -0.3 is 9.84 Å². The number of hydrogen-bond acceptors (Lipinski definition) is 2. The molecule has 1 aromatic carbocycles. The lowest BCUT2D eigenvalue weighted by Crippen LogP contribution is -2.11. The average molecular weight is 276 g/mol. The molecule has 3 nitrogen and oxygen atoms in total. The Kier molecular flexibility index (Phi) is 7.48. The molecule has 0 aliphatic carbocycles. The largest absolute Gasteiger partial charge is 0.493 e. The van der Waals surface area contributed by atoms with Crippen molar-refractivity contribution < 1.29 is 14.6 Å². The number of hydrogen-bond donors (Lipinski definition) is 1. The van der Waals surface area contributed by atoms with Crippen LogP contribution in [0.5, 0.6) is 5.75 Å². The fourth-order valence-electron chi connectivity index (χ4n) is 1.99. The minimum absolute atomic E-state index is 0.591. The van der Waals surface area contributed by atoms with E-state index in [0.717, 1.165) is 30.4 Å². The zero-order valence-corrected chi connectivity index (χ0v) is 12.3. The van der Waals surface area contributed by atoms with E-state index in [2.05, 4.69) is 13.8 Å². The molecule has 0 saturated carbocycles. The average Bonchev–Trinajstić information content (AvgIpc) is 2.46. The van der Waals surface area contributed by atoms with E-state index in [-0.39, 0.29) is 0 Å². The Balaban J connectivity index is 2.55. The zero-order valence-electron chi connectivity index (χ0n) is 12.3. The molecule has 3 heteroatoms. The third-order valence-corrected chi connectivity index (χ3v) is 3.31. The molecule has 1 atom stereocenters. The molecule has 110 valence electrons. The third-order valence-electron chi connectivity index (χ3n) is 3.31. The van der Waals surface area contributed by atoms with Crippen LogP contribution in [0, 0.1) is 5.92 Å². The zero-order chi connectivity index (χ0) is 14.8. The van der Waals surface area contributed by atoms with Crippen molar-refractivity contribution in [1.29, 1.82) is 0 Å². The van der Waals surface area contributed by atoms with Gasteiger partial charge in [-0.15, -0.1) is 0 Å². The number of unbranched alkanes of at least 4 members (excludes halogenated alkanes) is 1. The first kappa shape index (κ1) is 16.3. The Morgan fingerprint density at radius 2 is 2.20 bits per heavy atom. The van der Waals surface area contributed by atoms with E-state index in [0.29, 0.717) is 5.92 Å². The monoisotopic (exact) mass is 276 g/mol. The van der Waals surface area contributed by atoms with Crippen LogP contribution in [-0.4, -0.2) is 17.7 Å². The van der Waals surface area contributed by atoms with Crippen LogP contribution < -0.4 is 4.74 Å². The molecule has 1 aromatic rings. The molecule has 0 amide bonds. The van der Waals surface area contributed by atoms with Crippen molar-refractivity contribution in [2.75, 3.05) is 6.61 Å². The molecule has 1 N–H and O–H groups in total. The summed E-state index contributed by atoms with van der Waals surface area (Å²) < 4.78 is 5.82. The summed E-state index contributed by atoms with van der Waals surface area (Å²) in [4.78, 5) is 10.5. The number of ether oxygens (including phenoxy) is 1. The van der Waals surface area contributed by atoms with Gasteiger partial charge in [0.2, 0.25) is 0 Å². The summed E-state index contributed by atoms with van der Waals surface area (Å²) >= 11 is 0. The molecule has 0 radical (unpaired) electrons. The van der Waals surface area contributed by atoms with E-state index in [4.69, 9.17) is 9.84 Å². The Labute approximate surface area is 121 Å². The Morgan fingerprint density at radius 3 is 2.85 bits per heavy atom. The van der Waals surface area contributed by atoms with Crippen LogP contribution in [0.3, 0.4) is 0 Å². The molecule has 1 unspecified atom stereocenters. The van der Waals surface area contributed by atoms with E-state index >= 15 is 0 Å². The van der Waals surface area contributed by atoms with Crippen molar-refractivity contribution in [1.82, 2.24) is 0 Å². The second-order valence-corrected chi connectivity index (χ2v) is 4.97. The molecule has 0 aliphatic heterocycles. The molecule has 0 spiro atoms. The number of rotatable bonds is 9. The lowest BCUT2D eigenvalue weighted by molar-refractivity contribution is -0.131. The summed E-state index contributed by atoms with van der Waals surface area (Å²) in [6.45, 7) is 5.12. The first-order valence-corrected chi connectivity index (χ1v) is 7.29. The van der Waals surface area contributed by atoms with Crippen molar-refractivity contribution >= 4 is 12.0 Å². The fourth-order valence-corrected chi connectivity index (χ4v) is 1.99. The predicted octanol–water partition coefficient (Wildman–Crippen LogP) is 4.38. The van der Waals surface area contributed by atoms with E-state index in [1.165, 1.54) is 19.3 Å². The number of carbonyl (C=O) groups is 1. The van der Waals surface area contributed by atoms with Gasteiger partial charge in [-0.25, -0.2) is 4.79 Å². The van der Waals surface area contributed by atoms with Crippen LogP contribution in [0.1, 0.15) is 45.1 Å². The summed E-state index contributed by atoms with van der Waals surface area (Å²) in [6, 6.07) is 7.52. The van der Waals surface area contributed by atoms with Crippen LogP contribution >= 0.6 is 0 Å². The minimum Gasteiger partial charge on any atom is -0.493 e. The van der Waals surface area contributed by atoms with Crippen LogP contribution in [0.4, 0.5) is 0 Å². The minimum atomic E-state index is -0.943. The van der Waals surface area contributed by atoms with Crippen molar-refractivity contribution in [3.8, 4) is 5.75 Å². The molecule has 0 aliphatic rings. The van der Waals surface area contributed by atoms with Gasteiger partial charge in [-0.3, -0.25) is 0 Å². The van der Waals surface area contributed by atoms with Gasteiger partial charge in [-0.05, 0) is 36.1 Å². The number of benzene rings is 1. The summed E-state index contributed by atoms with van der Waals surface area (Å²) in [5.41, 5.74) is 0.839. The molecule has 1 rings (SSSR count). The normalized spacial score (nSPS) is 12.5. The summed E-state index contributed by atoms with van der Waals surface area (Å²) in [5, 5.41) is 8.62. The molecule has 0 bridgehead atoms. The van der Waals surface area contributed by atoms with Crippen LogP contribution in [-0.2, 0) is 4.79 Å². The van der Waals surface area contributed by atoms with Crippen molar-refractivity contribution in [3.63, 3.8) is 0 Å². The van der Waals surface area contributed by atoms with Gasteiger partial charge in [0.1, 0.15) is 5.75 Å². The van der Waals surface area contributed by atoms with Gasteiger partial charge in [0, 0.05) is 6.08 Å². The molecule has 0 aromatic heterocycles. The van der Waals surface area contributed by atoms with Gasteiger partial charge >= 0.3 is 5.97 Å². The maximum absolute atomic E-state index is 10.5. The first-order chi connectivity index (χ1) is 9.65. The maximum atomic E-state index is 10.5. The topological polar surface area (TPSA) is 46.5 Å². The van der Waals surface area contributed by atoms with Crippen LogP contribution in [0.25, 0.3) is 6.08 Å². The third kappa shape index (κ3) is 6.41. The predicted molar refractivity (Wildman–Crippen MR) is 81.9 cm³/mol. The highest BCUT2D eigenvalue weighted by Gasteiger charge is 2.06. The van der Waals surface area contributed by atoms with Gasteiger partial charge in [-0.2, -0.15) is 0 Å². The summed E-state index contributed by atoms with van der Waals surface area (Å²) in [5.74, 6) is 0.447. The van der Waals surface area contributed by atoms with Crippen molar-refractivity contribution in [3.05, 3.63) is 35.9 Å². The molecule has 20 heavy (non-hydrogen) atoms. The van der Waals surface area contributed by atoms with Gasteiger partial charge in [0.25, 0.3) is 0 Å². The maximum Gasteiger partial charge on any atom is 0.328 e. The SMILES string of the molecule is CCCCC(CC)COc1cccc(C=CC(=O)O)c1. The number of carboxylic acids is 1. The van der Waals surface area contributed by atoms with Crippen molar-refractivity contribution in [2.24, 2.45) is 5.92 Å². The van der Waals surface area contributed by atoms with E-state index < -0.39 is 5.97 Å². The lowest BCUT2D eigenvalue weighted by atomic mass is 10.0. The molecular formula is C17H24O3. The molecular weight excluding hydrogens is 252 g/mol. The quantitative estimate of drug-likeness (QED) is 0.681. The van der Waals surface area contributed by atoms with Crippen LogP contribution in [0.15, 0.2) is 30.3 Å². The van der Waals surface area contributed by atoms with Gasteiger partial charge in [0.05, 0.1) is 6.61 Å².